The van der Waals surface area contributed by atoms with Crippen LogP contribution in [-0.4, -0.2) is 11.3 Å². The molecule has 2 aliphatic rings. The van der Waals surface area contributed by atoms with Crippen molar-refractivity contribution in [1.29, 1.82) is 0 Å². The number of rotatable bonds is 6. The molecule has 3 atom stereocenters. The Hall–Kier alpha value is -2.52. The van der Waals surface area contributed by atoms with E-state index in [1.54, 1.807) is 16.2 Å². The second kappa shape index (κ2) is 12.1. The summed E-state index contributed by atoms with van der Waals surface area (Å²) in [5.74, 6) is 0.754. The molecular weight excluding hydrogens is 518 g/mol. The second-order valence-electron chi connectivity index (χ2n) is 12.1. The number of allylic oxidation sites excluding steroid dienone is 2. The first kappa shape index (κ1) is 27.6. The molecule has 1 saturated carbocycles. The first-order valence-corrected chi connectivity index (χ1v) is 17.8. The number of aryl methyl sites for hydroxylation is 4. The second-order valence-corrected chi connectivity index (χ2v) is 16.9. The van der Waals surface area contributed by atoms with Crippen LogP contribution >= 0.6 is 15.8 Å². The quantitative estimate of drug-likeness (QED) is 0.163. The van der Waals surface area contributed by atoms with Gasteiger partial charge in [0.25, 0.3) is 0 Å². The maximum absolute atomic E-state index is 2.63. The van der Waals surface area contributed by atoms with Gasteiger partial charge in [-0.15, -0.1) is 0 Å². The Morgan fingerprint density at radius 3 is 1.27 bits per heavy atom. The molecule has 0 aromatic heterocycles. The maximum atomic E-state index is 2.63. The van der Waals surface area contributed by atoms with Gasteiger partial charge < -0.3 is 0 Å². The van der Waals surface area contributed by atoms with E-state index in [4.69, 9.17) is 0 Å². The Morgan fingerprint density at radius 1 is 0.500 bits per heavy atom. The standard InChI is InChI=1S/C38H42P2/c1-27-9-17-33(18-10-27)39(34-19-11-28(2)12-20-34)37-25-31-7-5-6-8-32(31)26-38(37)40(35-21-13-29(3)14-22-35)36-23-15-30(4)16-24-36/h7,9-24,32,37-38H,5-6,8,25-26H2,1-4H3. The minimum absolute atomic E-state index is 0.502. The van der Waals surface area contributed by atoms with E-state index in [0.29, 0.717) is 11.3 Å². The lowest BCUT2D eigenvalue weighted by Gasteiger charge is -2.47. The topological polar surface area (TPSA) is 0 Å². The first-order chi connectivity index (χ1) is 19.5. The SMILES string of the molecule is Cc1ccc(P(c2ccc(C)cc2)C2CC3=CCCCC3CC2P(c2ccc(C)cc2)c2ccc(C)cc2)cc1. The average molecular weight is 561 g/mol. The summed E-state index contributed by atoms with van der Waals surface area (Å²) < 4.78 is 0. The highest BCUT2D eigenvalue weighted by Crippen LogP contribution is 2.59. The van der Waals surface area contributed by atoms with Gasteiger partial charge in [0.15, 0.2) is 0 Å². The van der Waals surface area contributed by atoms with Crippen LogP contribution in [0.15, 0.2) is 109 Å². The molecule has 40 heavy (non-hydrogen) atoms. The molecule has 3 unspecified atom stereocenters. The van der Waals surface area contributed by atoms with Crippen molar-refractivity contribution in [3.8, 4) is 0 Å². The summed E-state index contributed by atoms with van der Waals surface area (Å²) in [6.07, 6.45) is 9.19. The molecular formula is C38H42P2. The number of fused-ring (bicyclic) bond motifs is 1. The van der Waals surface area contributed by atoms with E-state index >= 15 is 0 Å². The molecule has 4 aromatic rings. The van der Waals surface area contributed by atoms with Crippen molar-refractivity contribution in [2.45, 2.75) is 71.1 Å². The van der Waals surface area contributed by atoms with Gasteiger partial charge in [-0.25, -0.2) is 0 Å². The van der Waals surface area contributed by atoms with Gasteiger partial charge in [0.2, 0.25) is 0 Å². The highest BCUT2D eigenvalue weighted by molar-refractivity contribution is 7.77. The van der Waals surface area contributed by atoms with Gasteiger partial charge in [0.05, 0.1) is 0 Å². The van der Waals surface area contributed by atoms with Gasteiger partial charge in [-0.1, -0.05) is 131 Å². The zero-order valence-electron chi connectivity index (χ0n) is 24.5. The minimum Gasteiger partial charge on any atom is -0.0850 e. The smallest absolute Gasteiger partial charge is 0.00176 e. The lowest BCUT2D eigenvalue weighted by Crippen LogP contribution is -2.41. The van der Waals surface area contributed by atoms with Gasteiger partial charge in [-0.3, -0.25) is 0 Å². The maximum Gasteiger partial charge on any atom is -0.00176 e. The zero-order valence-corrected chi connectivity index (χ0v) is 26.3. The van der Waals surface area contributed by atoms with Crippen LogP contribution in [0.5, 0.6) is 0 Å². The molecule has 0 spiro atoms. The third kappa shape index (κ3) is 5.91. The Morgan fingerprint density at radius 2 is 0.875 bits per heavy atom. The Labute approximate surface area is 244 Å². The van der Waals surface area contributed by atoms with E-state index in [1.165, 1.54) is 65.0 Å². The summed E-state index contributed by atoms with van der Waals surface area (Å²) in [5, 5.41) is 6.17. The summed E-state index contributed by atoms with van der Waals surface area (Å²) in [4.78, 5) is 0. The molecule has 0 bridgehead atoms. The minimum atomic E-state index is -0.516. The summed E-state index contributed by atoms with van der Waals surface area (Å²) in [6.45, 7) is 8.86. The van der Waals surface area contributed by atoms with E-state index in [9.17, 15) is 0 Å². The van der Waals surface area contributed by atoms with E-state index in [1.807, 2.05) is 0 Å². The molecule has 6 rings (SSSR count). The van der Waals surface area contributed by atoms with Crippen LogP contribution in [0.1, 0.15) is 54.4 Å². The fourth-order valence-corrected chi connectivity index (χ4v) is 13.4. The fraction of sp³-hybridized carbons (Fsp3) is 0.316. The van der Waals surface area contributed by atoms with Crippen molar-refractivity contribution in [3.05, 3.63) is 131 Å². The fourth-order valence-electron chi connectivity index (χ4n) is 6.78. The molecule has 0 N–H and O–H groups in total. The van der Waals surface area contributed by atoms with Crippen molar-refractivity contribution in [2.24, 2.45) is 5.92 Å². The van der Waals surface area contributed by atoms with E-state index < -0.39 is 15.8 Å². The monoisotopic (exact) mass is 560 g/mol. The molecule has 0 amide bonds. The molecule has 204 valence electrons. The van der Waals surface area contributed by atoms with Gasteiger partial charge in [-0.05, 0) is 114 Å². The lowest BCUT2D eigenvalue weighted by molar-refractivity contribution is 0.412. The van der Waals surface area contributed by atoms with Crippen LogP contribution in [0.4, 0.5) is 0 Å². The Balaban J connectivity index is 1.53. The number of benzene rings is 4. The zero-order chi connectivity index (χ0) is 27.6. The van der Waals surface area contributed by atoms with Crippen LogP contribution in [0.25, 0.3) is 0 Å². The van der Waals surface area contributed by atoms with Crippen molar-refractivity contribution in [3.63, 3.8) is 0 Å². The number of hydrogen-bond donors (Lipinski definition) is 0. The molecule has 2 heteroatoms. The third-order valence-electron chi connectivity index (χ3n) is 9.01. The van der Waals surface area contributed by atoms with Crippen LogP contribution < -0.4 is 21.2 Å². The average Bonchev–Trinajstić information content (AvgIpc) is 2.97. The van der Waals surface area contributed by atoms with Gasteiger partial charge in [0.1, 0.15) is 0 Å². The molecule has 0 aliphatic heterocycles. The predicted octanol–water partition coefficient (Wildman–Crippen LogP) is 8.74. The normalized spacial score (nSPS) is 20.9. The molecule has 0 radical (unpaired) electrons. The van der Waals surface area contributed by atoms with E-state index in [0.717, 1.165) is 5.92 Å². The van der Waals surface area contributed by atoms with Crippen molar-refractivity contribution >= 4 is 37.1 Å². The first-order valence-electron chi connectivity index (χ1n) is 15.0. The largest absolute Gasteiger partial charge is 0.0850 e. The van der Waals surface area contributed by atoms with Gasteiger partial charge >= 0.3 is 0 Å². The molecule has 2 aliphatic carbocycles. The third-order valence-corrected chi connectivity index (χ3v) is 15.1. The van der Waals surface area contributed by atoms with Gasteiger partial charge in [0, 0.05) is 0 Å². The van der Waals surface area contributed by atoms with Crippen LogP contribution in [0, 0.1) is 33.6 Å². The molecule has 4 aromatic carbocycles. The van der Waals surface area contributed by atoms with Crippen molar-refractivity contribution in [2.75, 3.05) is 0 Å². The molecule has 0 nitrogen and oxygen atoms in total. The Kier molecular flexibility index (Phi) is 8.40. The Bertz CT molecular complexity index is 1360. The van der Waals surface area contributed by atoms with Crippen LogP contribution in [-0.2, 0) is 0 Å². The van der Waals surface area contributed by atoms with Crippen LogP contribution in [0.2, 0.25) is 0 Å². The summed E-state index contributed by atoms with van der Waals surface area (Å²) in [5.41, 5.74) is 8.42. The lowest BCUT2D eigenvalue weighted by atomic mass is 9.77. The molecule has 0 saturated heterocycles. The summed E-state index contributed by atoms with van der Waals surface area (Å²) >= 11 is 0. The molecule has 0 heterocycles. The summed E-state index contributed by atoms with van der Waals surface area (Å²) in [6, 6.07) is 38.3. The molecule has 1 fully saturated rings. The number of hydrogen-bond acceptors (Lipinski definition) is 0. The summed E-state index contributed by atoms with van der Waals surface area (Å²) in [7, 11) is -1.02. The highest BCUT2D eigenvalue weighted by Gasteiger charge is 2.43. The van der Waals surface area contributed by atoms with E-state index in [-0.39, 0.29) is 0 Å². The predicted molar refractivity (Wildman–Crippen MR) is 179 cm³/mol. The highest BCUT2D eigenvalue weighted by atomic mass is 31.1. The van der Waals surface area contributed by atoms with E-state index in [2.05, 4.69) is 131 Å². The van der Waals surface area contributed by atoms with Crippen LogP contribution in [0.3, 0.4) is 0 Å². The van der Waals surface area contributed by atoms with Crippen molar-refractivity contribution < 1.29 is 0 Å². The van der Waals surface area contributed by atoms with Gasteiger partial charge in [-0.2, -0.15) is 0 Å². The van der Waals surface area contributed by atoms with Crippen molar-refractivity contribution in [1.82, 2.24) is 0 Å².